The fourth-order valence-corrected chi connectivity index (χ4v) is 2.88. The summed E-state index contributed by atoms with van der Waals surface area (Å²) < 4.78 is 5.27. The molecule has 0 radical (unpaired) electrons. The molecule has 0 aromatic carbocycles. The van der Waals surface area contributed by atoms with Crippen molar-refractivity contribution < 1.29 is 14.3 Å². The first-order valence-electron chi connectivity index (χ1n) is 6.52. The molecule has 2 rings (SSSR count). The van der Waals surface area contributed by atoms with Crippen molar-refractivity contribution in [3.8, 4) is 0 Å². The monoisotopic (exact) mass is 251 g/mol. The van der Waals surface area contributed by atoms with E-state index in [1.165, 1.54) is 0 Å². The van der Waals surface area contributed by atoms with Gasteiger partial charge in [-0.1, -0.05) is 12.2 Å². The molecule has 2 unspecified atom stereocenters. The third-order valence-corrected chi connectivity index (χ3v) is 3.57. The van der Waals surface area contributed by atoms with Crippen LogP contribution in [0.15, 0.2) is 12.2 Å². The summed E-state index contributed by atoms with van der Waals surface area (Å²) in [7, 11) is 0. The first-order valence-corrected chi connectivity index (χ1v) is 6.52. The number of hydrogen-bond donors (Lipinski definition) is 1. The van der Waals surface area contributed by atoms with Crippen LogP contribution in [-0.4, -0.2) is 23.0 Å². The second-order valence-corrected chi connectivity index (χ2v) is 6.18. The van der Waals surface area contributed by atoms with Crippen LogP contribution >= 0.6 is 0 Å². The van der Waals surface area contributed by atoms with Gasteiger partial charge in [-0.05, 0) is 39.5 Å². The maximum Gasteiger partial charge on any atom is 0.332 e. The Labute approximate surface area is 108 Å². The number of rotatable bonds is 3. The van der Waals surface area contributed by atoms with E-state index in [1.807, 2.05) is 13.8 Å². The number of ether oxygens (including phenoxy) is 1. The molecule has 2 aliphatic rings. The highest BCUT2D eigenvalue weighted by molar-refractivity contribution is 5.89. The number of cyclic esters (lactones) is 1. The molecule has 0 aromatic rings. The van der Waals surface area contributed by atoms with E-state index in [2.05, 4.69) is 17.5 Å². The van der Waals surface area contributed by atoms with Gasteiger partial charge in [-0.15, -0.1) is 0 Å². The summed E-state index contributed by atoms with van der Waals surface area (Å²) in [5, 5.41) is 2.84. The van der Waals surface area contributed by atoms with E-state index in [1.54, 1.807) is 6.92 Å². The lowest BCUT2D eigenvalue weighted by atomic mass is 9.91. The van der Waals surface area contributed by atoms with Crippen LogP contribution in [0.25, 0.3) is 0 Å². The maximum absolute atomic E-state index is 12.0. The predicted molar refractivity (Wildman–Crippen MR) is 67.8 cm³/mol. The zero-order valence-corrected chi connectivity index (χ0v) is 11.3. The molecule has 4 heteroatoms. The molecule has 4 nitrogen and oxygen atoms in total. The fraction of sp³-hybridized carbons (Fsp3) is 0.714. The molecule has 1 saturated heterocycles. The lowest BCUT2D eigenvalue weighted by Crippen LogP contribution is -2.50. The number of esters is 1. The first kappa shape index (κ1) is 13.1. The summed E-state index contributed by atoms with van der Waals surface area (Å²) in [5.74, 6) is -0.0782. The van der Waals surface area contributed by atoms with Crippen molar-refractivity contribution in [2.45, 2.75) is 57.6 Å². The van der Waals surface area contributed by atoms with Crippen LogP contribution in [0, 0.1) is 5.92 Å². The summed E-state index contributed by atoms with van der Waals surface area (Å²) in [4.78, 5) is 23.8. The summed E-state index contributed by atoms with van der Waals surface area (Å²) in [6.45, 7) is 5.47. The number of hydrogen-bond acceptors (Lipinski definition) is 3. The van der Waals surface area contributed by atoms with Crippen LogP contribution in [0.2, 0.25) is 0 Å². The molecular weight excluding hydrogens is 230 g/mol. The Bertz CT molecular complexity index is 400. The minimum Gasteiger partial charge on any atom is -0.458 e. The van der Waals surface area contributed by atoms with E-state index in [4.69, 9.17) is 4.74 Å². The quantitative estimate of drug-likeness (QED) is 0.616. The molecule has 1 N–H and O–H groups in total. The third kappa shape index (κ3) is 2.74. The smallest absolute Gasteiger partial charge is 0.332 e. The Morgan fingerprint density at radius 1 is 1.50 bits per heavy atom. The molecule has 1 heterocycles. The van der Waals surface area contributed by atoms with Gasteiger partial charge in [0.15, 0.2) is 0 Å². The highest BCUT2D eigenvalue weighted by Gasteiger charge is 2.50. The van der Waals surface area contributed by atoms with Crippen LogP contribution in [0.4, 0.5) is 0 Å². The summed E-state index contributed by atoms with van der Waals surface area (Å²) in [6.07, 6.45) is 7.24. The van der Waals surface area contributed by atoms with E-state index in [-0.39, 0.29) is 11.9 Å². The normalized spacial score (nSPS) is 33.5. The van der Waals surface area contributed by atoms with Crippen LogP contribution in [0.3, 0.4) is 0 Å². The van der Waals surface area contributed by atoms with Gasteiger partial charge in [0.25, 0.3) is 0 Å². The molecule has 1 fully saturated rings. The molecule has 0 saturated carbocycles. The number of nitrogens with one attached hydrogen (secondary N) is 1. The van der Waals surface area contributed by atoms with Gasteiger partial charge in [-0.2, -0.15) is 0 Å². The molecule has 0 aromatic heterocycles. The lowest BCUT2D eigenvalue weighted by Gasteiger charge is -2.22. The maximum atomic E-state index is 12.0. The zero-order valence-electron chi connectivity index (χ0n) is 11.3. The van der Waals surface area contributed by atoms with Crippen LogP contribution in [0.1, 0.15) is 46.5 Å². The Balaban J connectivity index is 1.94. The van der Waals surface area contributed by atoms with Gasteiger partial charge in [0.1, 0.15) is 11.1 Å². The van der Waals surface area contributed by atoms with Gasteiger partial charge < -0.3 is 10.1 Å². The van der Waals surface area contributed by atoms with Crippen molar-refractivity contribution in [3.05, 3.63) is 12.2 Å². The fourth-order valence-electron chi connectivity index (χ4n) is 2.88. The number of allylic oxidation sites excluding steroid dienone is 2. The van der Waals surface area contributed by atoms with E-state index < -0.39 is 11.1 Å². The summed E-state index contributed by atoms with van der Waals surface area (Å²) in [5.41, 5.74) is -1.37. The molecular formula is C14H21NO3. The minimum atomic E-state index is -0.872. The van der Waals surface area contributed by atoms with Gasteiger partial charge in [0.2, 0.25) is 5.91 Å². The SMILES string of the molecule is CC1(C)CC(C)(NC(=O)CC2C=CCC2)C(=O)O1. The zero-order chi connectivity index (χ0) is 13.4. The van der Waals surface area contributed by atoms with Crippen molar-refractivity contribution >= 4 is 11.9 Å². The molecule has 1 aliphatic heterocycles. The van der Waals surface area contributed by atoms with Gasteiger partial charge in [0.05, 0.1) is 0 Å². The number of amides is 1. The Morgan fingerprint density at radius 3 is 2.72 bits per heavy atom. The van der Waals surface area contributed by atoms with Gasteiger partial charge in [-0.25, -0.2) is 4.79 Å². The van der Waals surface area contributed by atoms with Crippen LogP contribution in [0.5, 0.6) is 0 Å². The second-order valence-electron chi connectivity index (χ2n) is 6.18. The summed E-state index contributed by atoms with van der Waals surface area (Å²) >= 11 is 0. The average molecular weight is 251 g/mol. The standard InChI is InChI=1S/C14H21NO3/c1-13(2)9-14(3,12(17)18-13)15-11(16)8-10-6-4-5-7-10/h4,6,10H,5,7-9H2,1-3H3,(H,15,16). The van der Waals surface area contributed by atoms with Gasteiger partial charge >= 0.3 is 5.97 Å². The van der Waals surface area contributed by atoms with Gasteiger partial charge in [0, 0.05) is 12.8 Å². The first-order chi connectivity index (χ1) is 8.31. The van der Waals surface area contributed by atoms with Crippen molar-refractivity contribution in [3.63, 3.8) is 0 Å². The van der Waals surface area contributed by atoms with E-state index in [0.29, 0.717) is 18.8 Å². The summed E-state index contributed by atoms with van der Waals surface area (Å²) in [6, 6.07) is 0. The minimum absolute atomic E-state index is 0.0660. The predicted octanol–water partition coefficient (Wildman–Crippen LogP) is 1.94. The number of carbonyl (C=O) groups is 2. The van der Waals surface area contributed by atoms with E-state index in [0.717, 1.165) is 12.8 Å². The average Bonchev–Trinajstić information content (AvgIpc) is 2.73. The Hall–Kier alpha value is -1.32. The number of carbonyl (C=O) groups excluding carboxylic acids is 2. The highest BCUT2D eigenvalue weighted by Crippen LogP contribution is 2.33. The topological polar surface area (TPSA) is 55.4 Å². The molecule has 1 aliphatic carbocycles. The molecule has 1 amide bonds. The van der Waals surface area contributed by atoms with E-state index in [9.17, 15) is 9.59 Å². The molecule has 100 valence electrons. The lowest BCUT2D eigenvalue weighted by molar-refractivity contribution is -0.151. The second kappa shape index (κ2) is 4.41. The Morgan fingerprint density at radius 2 is 2.22 bits per heavy atom. The largest absolute Gasteiger partial charge is 0.458 e. The van der Waals surface area contributed by atoms with Crippen LogP contribution in [-0.2, 0) is 14.3 Å². The van der Waals surface area contributed by atoms with Crippen molar-refractivity contribution in [1.82, 2.24) is 5.32 Å². The van der Waals surface area contributed by atoms with Crippen molar-refractivity contribution in [2.24, 2.45) is 5.92 Å². The molecule has 2 atom stereocenters. The van der Waals surface area contributed by atoms with Crippen LogP contribution < -0.4 is 5.32 Å². The van der Waals surface area contributed by atoms with Crippen molar-refractivity contribution in [2.75, 3.05) is 0 Å². The highest BCUT2D eigenvalue weighted by atomic mass is 16.6. The molecule has 0 bridgehead atoms. The van der Waals surface area contributed by atoms with E-state index >= 15 is 0 Å². The Kier molecular flexibility index (Phi) is 3.21. The van der Waals surface area contributed by atoms with Crippen molar-refractivity contribution in [1.29, 1.82) is 0 Å². The molecule has 18 heavy (non-hydrogen) atoms. The molecule has 0 spiro atoms. The van der Waals surface area contributed by atoms with Gasteiger partial charge in [-0.3, -0.25) is 4.79 Å². The third-order valence-electron chi connectivity index (χ3n) is 3.57.